The summed E-state index contributed by atoms with van der Waals surface area (Å²) < 4.78 is 16.0. The van der Waals surface area contributed by atoms with E-state index in [9.17, 15) is 9.59 Å². The number of ether oxygens (including phenoxy) is 3. The summed E-state index contributed by atoms with van der Waals surface area (Å²) in [4.78, 5) is 24.6. The normalized spacial score (nSPS) is 29.7. The first kappa shape index (κ1) is 21.7. The van der Waals surface area contributed by atoms with Crippen LogP contribution in [0.5, 0.6) is 5.75 Å². The van der Waals surface area contributed by atoms with Gasteiger partial charge in [-0.3, -0.25) is 4.79 Å². The van der Waals surface area contributed by atoms with Crippen molar-refractivity contribution in [3.8, 4) is 5.75 Å². The number of methoxy groups -OCH3 is 1. The van der Waals surface area contributed by atoms with E-state index in [1.807, 2.05) is 42.5 Å². The van der Waals surface area contributed by atoms with E-state index < -0.39 is 5.97 Å². The Balaban J connectivity index is 1.32. The molecule has 2 aromatic rings. The van der Waals surface area contributed by atoms with E-state index in [1.165, 1.54) is 31.4 Å². The summed E-state index contributed by atoms with van der Waals surface area (Å²) in [6.07, 6.45) is 8.87. The smallest absolute Gasteiger partial charge is 0.333 e. The lowest BCUT2D eigenvalue weighted by molar-refractivity contribution is -0.175. The van der Waals surface area contributed by atoms with Crippen LogP contribution in [0.25, 0.3) is 0 Å². The molecule has 4 aliphatic carbocycles. The molecule has 0 amide bonds. The topological polar surface area (TPSA) is 61.8 Å². The third-order valence-corrected chi connectivity index (χ3v) is 7.78. The summed E-state index contributed by atoms with van der Waals surface area (Å²) in [5.74, 6) is 1.35. The van der Waals surface area contributed by atoms with Crippen LogP contribution >= 0.6 is 0 Å². The maximum absolute atomic E-state index is 13.4. The van der Waals surface area contributed by atoms with Crippen molar-refractivity contribution < 1.29 is 23.8 Å². The second kappa shape index (κ2) is 8.69. The summed E-state index contributed by atoms with van der Waals surface area (Å²) in [5.41, 5.74) is 1.97. The van der Waals surface area contributed by atoms with Crippen LogP contribution in [0.3, 0.4) is 0 Å². The van der Waals surface area contributed by atoms with Gasteiger partial charge in [-0.05, 0) is 79.0 Å². The summed E-state index contributed by atoms with van der Waals surface area (Å²) in [5, 5.41) is 0. The Kier molecular flexibility index (Phi) is 5.73. The van der Waals surface area contributed by atoms with Crippen molar-refractivity contribution in [3.63, 3.8) is 0 Å². The van der Waals surface area contributed by atoms with Gasteiger partial charge in [0, 0.05) is 0 Å². The minimum Gasteiger partial charge on any atom is -0.466 e. The largest absolute Gasteiger partial charge is 0.466 e. The molecule has 0 radical (unpaired) electrons. The van der Waals surface area contributed by atoms with Gasteiger partial charge in [-0.1, -0.05) is 42.5 Å². The molecule has 2 unspecified atom stereocenters. The van der Waals surface area contributed by atoms with Gasteiger partial charge in [-0.2, -0.15) is 0 Å². The van der Waals surface area contributed by atoms with Crippen molar-refractivity contribution in [2.24, 2.45) is 17.3 Å². The van der Waals surface area contributed by atoms with Crippen molar-refractivity contribution in [1.82, 2.24) is 0 Å². The second-order valence-corrected chi connectivity index (χ2v) is 10.1. The molecule has 0 aliphatic heterocycles. The number of benzene rings is 2. The highest BCUT2D eigenvalue weighted by Crippen LogP contribution is 2.66. The minimum absolute atomic E-state index is 0.0160. The third-order valence-electron chi connectivity index (χ3n) is 7.78. The maximum Gasteiger partial charge on any atom is 0.333 e. The van der Waals surface area contributed by atoms with E-state index in [0.29, 0.717) is 24.2 Å². The molecule has 0 saturated heterocycles. The predicted octanol–water partition coefficient (Wildman–Crippen LogP) is 5.33. The van der Waals surface area contributed by atoms with E-state index in [-0.39, 0.29) is 16.8 Å². The van der Waals surface area contributed by atoms with Gasteiger partial charge in [0.25, 0.3) is 0 Å². The monoisotopic (exact) mass is 446 g/mol. The zero-order valence-corrected chi connectivity index (χ0v) is 19.0. The van der Waals surface area contributed by atoms with Crippen LogP contribution < -0.4 is 4.74 Å². The van der Waals surface area contributed by atoms with Crippen LogP contribution in [0.2, 0.25) is 0 Å². The molecule has 0 aromatic heterocycles. The molecule has 2 atom stereocenters. The van der Waals surface area contributed by atoms with Crippen molar-refractivity contribution in [3.05, 3.63) is 78.1 Å². The van der Waals surface area contributed by atoms with Crippen molar-refractivity contribution in [2.75, 3.05) is 7.11 Å². The quantitative estimate of drug-likeness (QED) is 0.327. The predicted molar refractivity (Wildman–Crippen MR) is 123 cm³/mol. The Morgan fingerprint density at radius 2 is 1.67 bits per heavy atom. The van der Waals surface area contributed by atoms with E-state index in [0.717, 1.165) is 37.7 Å². The molecule has 4 aliphatic rings. The number of rotatable bonds is 7. The first-order valence-electron chi connectivity index (χ1n) is 11.7. The molecule has 172 valence electrons. The number of hydrogen-bond acceptors (Lipinski definition) is 5. The lowest BCUT2D eigenvalue weighted by atomic mass is 9.43. The Morgan fingerprint density at radius 3 is 2.33 bits per heavy atom. The van der Waals surface area contributed by atoms with Gasteiger partial charge >= 0.3 is 11.9 Å². The summed E-state index contributed by atoms with van der Waals surface area (Å²) in [7, 11) is 1.33. The Bertz CT molecular complexity index is 1030. The molecule has 2 aromatic carbocycles. The number of hydrogen-bond donors (Lipinski definition) is 0. The Labute approximate surface area is 194 Å². The standard InChI is InChI=1S/C28H30O5/c1-31-25(29)11-12-32-24-9-7-23(8-10-24)27-14-21-13-22(15-27)17-28(16-21,19-27)26(30)33-18-20-5-3-2-4-6-20/h2-12,21-22H,13-19H2,1H3. The fraction of sp³-hybridized carbons (Fsp3) is 0.429. The Hall–Kier alpha value is -3.08. The molecule has 5 nitrogen and oxygen atoms in total. The molecular weight excluding hydrogens is 416 g/mol. The zero-order chi connectivity index (χ0) is 22.9. The Morgan fingerprint density at radius 1 is 0.970 bits per heavy atom. The van der Waals surface area contributed by atoms with Gasteiger partial charge < -0.3 is 14.2 Å². The molecule has 33 heavy (non-hydrogen) atoms. The highest BCUT2D eigenvalue weighted by Gasteiger charge is 2.61. The lowest BCUT2D eigenvalue weighted by Crippen LogP contribution is -2.57. The molecule has 5 heteroatoms. The van der Waals surface area contributed by atoms with E-state index in [2.05, 4.69) is 16.9 Å². The highest BCUT2D eigenvalue weighted by atomic mass is 16.5. The second-order valence-electron chi connectivity index (χ2n) is 10.1. The first-order chi connectivity index (χ1) is 16.0. The van der Waals surface area contributed by atoms with Crippen LogP contribution in [-0.4, -0.2) is 19.0 Å². The van der Waals surface area contributed by atoms with Crippen molar-refractivity contribution in [2.45, 2.75) is 50.5 Å². The van der Waals surface area contributed by atoms with E-state index >= 15 is 0 Å². The minimum atomic E-state index is -0.454. The molecule has 0 spiro atoms. The summed E-state index contributed by atoms with van der Waals surface area (Å²) in [6.45, 7) is 0.342. The zero-order valence-electron chi connectivity index (χ0n) is 19.0. The third kappa shape index (κ3) is 4.29. The van der Waals surface area contributed by atoms with Gasteiger partial charge in [-0.15, -0.1) is 0 Å². The lowest BCUT2D eigenvalue weighted by Gasteiger charge is -2.61. The van der Waals surface area contributed by atoms with Gasteiger partial charge in [0.2, 0.25) is 0 Å². The molecule has 4 fully saturated rings. The van der Waals surface area contributed by atoms with Gasteiger partial charge in [0.05, 0.1) is 24.9 Å². The van der Waals surface area contributed by atoms with Crippen LogP contribution in [0, 0.1) is 17.3 Å². The highest BCUT2D eigenvalue weighted by molar-refractivity contribution is 5.81. The van der Waals surface area contributed by atoms with Crippen molar-refractivity contribution in [1.29, 1.82) is 0 Å². The SMILES string of the molecule is COC(=O)C=COc1ccc(C23CC4CC(CC(C(=O)OCc5ccccc5)(C4)C2)C3)cc1. The van der Waals surface area contributed by atoms with E-state index in [1.54, 1.807) is 0 Å². The van der Waals surface area contributed by atoms with Crippen LogP contribution in [0.4, 0.5) is 0 Å². The average molecular weight is 447 g/mol. The molecule has 0 heterocycles. The first-order valence-corrected chi connectivity index (χ1v) is 11.7. The maximum atomic E-state index is 13.4. The van der Waals surface area contributed by atoms with Crippen LogP contribution in [-0.2, 0) is 31.1 Å². The number of carbonyl (C=O) groups excluding carboxylic acids is 2. The summed E-state index contributed by atoms with van der Waals surface area (Å²) >= 11 is 0. The number of esters is 2. The molecule has 4 bridgehead atoms. The fourth-order valence-electron chi connectivity index (χ4n) is 6.84. The average Bonchev–Trinajstić information content (AvgIpc) is 2.82. The van der Waals surface area contributed by atoms with E-state index in [4.69, 9.17) is 9.47 Å². The molecule has 6 rings (SSSR count). The van der Waals surface area contributed by atoms with Crippen molar-refractivity contribution >= 4 is 11.9 Å². The summed E-state index contributed by atoms with van der Waals surface area (Å²) in [6, 6.07) is 18.0. The van der Waals surface area contributed by atoms with Crippen LogP contribution in [0.15, 0.2) is 66.9 Å². The molecular formula is C28H30O5. The number of carbonyl (C=O) groups is 2. The molecule has 0 N–H and O–H groups in total. The van der Waals surface area contributed by atoms with Crippen LogP contribution in [0.1, 0.15) is 49.7 Å². The van der Waals surface area contributed by atoms with Gasteiger partial charge in [-0.25, -0.2) is 4.79 Å². The van der Waals surface area contributed by atoms with Gasteiger partial charge in [0.1, 0.15) is 12.4 Å². The molecule has 4 saturated carbocycles. The fourth-order valence-corrected chi connectivity index (χ4v) is 6.84. The van der Waals surface area contributed by atoms with Gasteiger partial charge in [0.15, 0.2) is 0 Å².